The van der Waals surface area contributed by atoms with Gasteiger partial charge in [-0.2, -0.15) is 0 Å². The van der Waals surface area contributed by atoms with Crippen LogP contribution in [0.15, 0.2) is 18.2 Å². The van der Waals surface area contributed by atoms with Crippen molar-refractivity contribution >= 4 is 5.91 Å². The molecular weight excluding hydrogens is 262 g/mol. The number of aliphatic hydroxyl groups excluding tert-OH is 1. The highest BCUT2D eigenvalue weighted by Gasteiger charge is 2.21. The number of aliphatic hydroxyl groups is 1. The average Bonchev–Trinajstić information content (AvgIpc) is 2.70. The third-order valence-corrected chi connectivity index (χ3v) is 4.17. The number of benzene rings is 1. The molecule has 0 bridgehead atoms. The Morgan fingerprint density at radius 2 is 2.19 bits per heavy atom. The normalized spacial score (nSPS) is 18.6. The zero-order valence-electron chi connectivity index (χ0n) is 12.9. The zero-order chi connectivity index (χ0) is 15.2. The molecule has 1 aromatic carbocycles. The van der Waals surface area contributed by atoms with Crippen LogP contribution in [0.2, 0.25) is 0 Å². The number of amides is 1. The predicted molar refractivity (Wildman–Crippen MR) is 84.1 cm³/mol. The molecule has 1 atom stereocenters. The highest BCUT2D eigenvalue weighted by atomic mass is 16.2. The Kier molecular flexibility index (Phi) is 5.41. The number of likely N-dealkylation sites (tertiary alicyclic amines) is 1. The lowest BCUT2D eigenvalue weighted by Crippen LogP contribution is -2.32. The van der Waals surface area contributed by atoms with Crippen LogP contribution in [0.4, 0.5) is 0 Å². The highest BCUT2D eigenvalue weighted by molar-refractivity contribution is 5.96. The van der Waals surface area contributed by atoms with E-state index in [0.717, 1.165) is 42.6 Å². The smallest absolute Gasteiger partial charge is 0.254 e. The minimum absolute atomic E-state index is 0.106. The Hall–Kier alpha value is -1.79. The lowest BCUT2D eigenvalue weighted by atomic mass is 10.0. The van der Waals surface area contributed by atoms with Gasteiger partial charge < -0.3 is 10.0 Å². The highest BCUT2D eigenvalue weighted by Crippen LogP contribution is 2.20. The third kappa shape index (κ3) is 3.86. The molecule has 21 heavy (non-hydrogen) atoms. The predicted octanol–water partition coefficient (Wildman–Crippen LogP) is 2.60. The minimum Gasteiger partial charge on any atom is -0.384 e. The summed E-state index contributed by atoms with van der Waals surface area (Å²) in [6.45, 7) is 5.70. The van der Waals surface area contributed by atoms with E-state index in [2.05, 4.69) is 18.8 Å². The molecule has 0 radical (unpaired) electrons. The quantitative estimate of drug-likeness (QED) is 0.806. The Bertz CT molecular complexity index is 568. The van der Waals surface area contributed by atoms with E-state index in [-0.39, 0.29) is 12.5 Å². The van der Waals surface area contributed by atoms with Crippen LogP contribution in [-0.4, -0.2) is 35.6 Å². The second kappa shape index (κ2) is 7.28. The van der Waals surface area contributed by atoms with Gasteiger partial charge in [0.05, 0.1) is 0 Å². The lowest BCUT2D eigenvalue weighted by molar-refractivity contribution is 0.0759. The molecule has 112 valence electrons. The van der Waals surface area contributed by atoms with Crippen LogP contribution >= 0.6 is 0 Å². The van der Waals surface area contributed by atoms with Crippen LogP contribution in [-0.2, 0) is 0 Å². The van der Waals surface area contributed by atoms with Crippen molar-refractivity contribution < 1.29 is 9.90 Å². The van der Waals surface area contributed by atoms with Crippen LogP contribution in [0.3, 0.4) is 0 Å². The first-order chi connectivity index (χ1) is 10.1. The van der Waals surface area contributed by atoms with E-state index in [1.807, 2.05) is 30.0 Å². The number of hydrogen-bond donors (Lipinski definition) is 1. The van der Waals surface area contributed by atoms with Crippen LogP contribution in [0.5, 0.6) is 0 Å². The molecule has 1 aliphatic heterocycles. The van der Waals surface area contributed by atoms with Gasteiger partial charge in [-0.1, -0.05) is 24.8 Å². The molecule has 0 spiro atoms. The van der Waals surface area contributed by atoms with Gasteiger partial charge >= 0.3 is 0 Å². The van der Waals surface area contributed by atoms with Crippen molar-refractivity contribution in [2.75, 3.05) is 19.7 Å². The molecule has 1 N–H and O–H groups in total. The summed E-state index contributed by atoms with van der Waals surface area (Å²) in [6.07, 6.45) is 3.36. The number of nitrogens with zero attached hydrogens (tertiary/aromatic N) is 1. The maximum absolute atomic E-state index is 12.7. The van der Waals surface area contributed by atoms with Crippen molar-refractivity contribution in [2.24, 2.45) is 5.92 Å². The first-order valence-corrected chi connectivity index (χ1v) is 7.62. The molecule has 3 heteroatoms. The van der Waals surface area contributed by atoms with Gasteiger partial charge in [0.2, 0.25) is 0 Å². The van der Waals surface area contributed by atoms with Crippen LogP contribution < -0.4 is 0 Å². The Morgan fingerprint density at radius 1 is 1.38 bits per heavy atom. The van der Waals surface area contributed by atoms with Gasteiger partial charge in [0.1, 0.15) is 6.61 Å². The topological polar surface area (TPSA) is 40.5 Å². The number of rotatable bonds is 1. The van der Waals surface area contributed by atoms with E-state index in [0.29, 0.717) is 5.92 Å². The summed E-state index contributed by atoms with van der Waals surface area (Å²) in [7, 11) is 0. The number of carbonyl (C=O) groups excluding carboxylic acids is 1. The zero-order valence-corrected chi connectivity index (χ0v) is 12.9. The molecule has 0 aliphatic carbocycles. The summed E-state index contributed by atoms with van der Waals surface area (Å²) in [5.41, 5.74) is 2.45. The third-order valence-electron chi connectivity index (χ3n) is 4.17. The fourth-order valence-corrected chi connectivity index (χ4v) is 2.77. The molecule has 2 rings (SSSR count). The second-order valence-electron chi connectivity index (χ2n) is 5.77. The average molecular weight is 285 g/mol. The molecule has 0 aromatic heterocycles. The lowest BCUT2D eigenvalue weighted by Gasteiger charge is -2.21. The standard InChI is InChI=1S/C18H23NO2/c1-14-6-4-11-19(12-10-14)18(21)17-9-3-7-16(15(17)2)8-5-13-20/h3,7,9,14,20H,4,6,10-13H2,1-2H3. The summed E-state index contributed by atoms with van der Waals surface area (Å²) in [6, 6.07) is 5.62. The first kappa shape index (κ1) is 15.6. The van der Waals surface area contributed by atoms with Gasteiger partial charge in [0.15, 0.2) is 0 Å². The fourth-order valence-electron chi connectivity index (χ4n) is 2.77. The number of carbonyl (C=O) groups is 1. The Morgan fingerprint density at radius 3 is 2.95 bits per heavy atom. The summed E-state index contributed by atoms with van der Waals surface area (Å²) >= 11 is 0. The first-order valence-electron chi connectivity index (χ1n) is 7.62. The van der Waals surface area contributed by atoms with E-state index in [9.17, 15) is 4.79 Å². The molecular formula is C18H23NO2. The monoisotopic (exact) mass is 285 g/mol. The van der Waals surface area contributed by atoms with Crippen molar-refractivity contribution in [2.45, 2.75) is 33.1 Å². The fraction of sp³-hybridized carbons (Fsp3) is 0.500. The summed E-state index contributed by atoms with van der Waals surface area (Å²) in [4.78, 5) is 14.7. The summed E-state index contributed by atoms with van der Waals surface area (Å²) in [5.74, 6) is 6.36. The SMILES string of the molecule is Cc1c(C#CCO)cccc1C(=O)N1CCCC(C)CC1. The molecule has 0 saturated carbocycles. The molecule has 1 saturated heterocycles. The van der Waals surface area contributed by atoms with Crippen molar-refractivity contribution in [3.05, 3.63) is 34.9 Å². The van der Waals surface area contributed by atoms with E-state index in [1.165, 1.54) is 6.42 Å². The largest absolute Gasteiger partial charge is 0.384 e. The number of hydrogen-bond acceptors (Lipinski definition) is 2. The molecule has 3 nitrogen and oxygen atoms in total. The van der Waals surface area contributed by atoms with E-state index >= 15 is 0 Å². The molecule has 1 aromatic rings. The minimum atomic E-state index is -0.165. The molecule has 1 unspecified atom stereocenters. The molecule has 1 aliphatic rings. The van der Waals surface area contributed by atoms with Gasteiger partial charge in [-0.3, -0.25) is 4.79 Å². The van der Waals surface area contributed by atoms with Crippen molar-refractivity contribution in [3.8, 4) is 11.8 Å². The maximum Gasteiger partial charge on any atom is 0.254 e. The van der Waals surface area contributed by atoms with E-state index in [4.69, 9.17) is 5.11 Å². The van der Waals surface area contributed by atoms with Gasteiger partial charge in [-0.05, 0) is 49.8 Å². The second-order valence-corrected chi connectivity index (χ2v) is 5.77. The maximum atomic E-state index is 12.7. The van der Waals surface area contributed by atoms with Crippen molar-refractivity contribution in [1.29, 1.82) is 0 Å². The molecule has 1 amide bonds. The van der Waals surface area contributed by atoms with E-state index < -0.39 is 0 Å². The van der Waals surface area contributed by atoms with Crippen LogP contribution in [0.1, 0.15) is 47.7 Å². The van der Waals surface area contributed by atoms with Crippen molar-refractivity contribution in [1.82, 2.24) is 4.90 Å². The Balaban J connectivity index is 2.22. The Labute approximate surface area is 127 Å². The van der Waals surface area contributed by atoms with E-state index in [1.54, 1.807) is 0 Å². The van der Waals surface area contributed by atoms with Crippen molar-refractivity contribution in [3.63, 3.8) is 0 Å². The van der Waals surface area contributed by atoms with Gasteiger partial charge in [0, 0.05) is 24.2 Å². The van der Waals surface area contributed by atoms with Gasteiger partial charge in [0.25, 0.3) is 5.91 Å². The van der Waals surface area contributed by atoms with Gasteiger partial charge in [-0.25, -0.2) is 0 Å². The summed E-state index contributed by atoms with van der Waals surface area (Å²) < 4.78 is 0. The van der Waals surface area contributed by atoms with Crippen LogP contribution in [0, 0.1) is 24.7 Å². The van der Waals surface area contributed by atoms with Gasteiger partial charge in [-0.15, -0.1) is 0 Å². The molecule has 1 heterocycles. The van der Waals surface area contributed by atoms with Crippen LogP contribution in [0.25, 0.3) is 0 Å². The summed E-state index contributed by atoms with van der Waals surface area (Å²) in [5, 5.41) is 8.81. The molecule has 1 fully saturated rings.